The van der Waals surface area contributed by atoms with Crippen molar-refractivity contribution in [2.45, 2.75) is 259 Å². The normalized spacial score (nSPS) is 36.2. The van der Waals surface area contributed by atoms with Crippen LogP contribution in [0.2, 0.25) is 0 Å². The maximum absolute atomic E-state index is 14.4. The van der Waals surface area contributed by atoms with Gasteiger partial charge in [0.1, 0.15) is 30.6 Å². The molecule has 1 aromatic rings. The summed E-state index contributed by atoms with van der Waals surface area (Å²) in [7, 11) is 1.59. The summed E-state index contributed by atoms with van der Waals surface area (Å²) < 4.78 is 59.1. The van der Waals surface area contributed by atoms with Crippen LogP contribution in [-0.4, -0.2) is 176 Å². The number of Topliss-reactive ketones (excluding diaryl/α,β-unsaturated/α-hetero) is 1. The number of ether oxygens (including phenoxy) is 9. The Labute approximate surface area is 494 Å². The Morgan fingerprint density at radius 3 is 2.30 bits per heavy atom. The highest BCUT2D eigenvalue weighted by Gasteiger charge is 2.60. The third-order valence-corrected chi connectivity index (χ3v) is 18.5. The number of fused-ring (bicyclic) bond motifs is 9. The minimum Gasteiger partial charge on any atom is -0.445 e. The SMILES string of the molecule is C=C1C[C@@H]2CC[C@]34C[C@@H](O)[C@H](O3)[C@H]3C[C@@H](O4)[C@H]4O[C@H](CC[C@@H]4O3)CC(=O)C[C@@H]3[C@@H](OC)[C@@H](C[C@H](O)CNC(=O)OCc4ccc(NC(=O)[C@H](CCCNC(N)=O)NC(=O)[C@@H](NC(C)C)C(C)C)cc4)O[C@H]3C[C@H]3O[C@@H](CC[C@@H]1O2)C[C@@H](C)C3=C. The van der Waals surface area contributed by atoms with E-state index in [4.69, 9.17) is 48.4 Å². The Balaban J connectivity index is 0.812. The Morgan fingerprint density at radius 1 is 0.810 bits per heavy atom. The summed E-state index contributed by atoms with van der Waals surface area (Å²) in [6.45, 7) is 18.8. The number of nitrogens with two attached hydrogens (primary N) is 1. The highest BCUT2D eigenvalue weighted by molar-refractivity contribution is 5.98. The minimum absolute atomic E-state index is 0.00221. The number of hydrogen-bond donors (Lipinski definition) is 8. The number of carbonyl (C=O) groups is 5. The molecule has 9 N–H and O–H groups in total. The fourth-order valence-corrected chi connectivity index (χ4v) is 14.1. The Kier molecular flexibility index (Phi) is 21.7. The summed E-state index contributed by atoms with van der Waals surface area (Å²) in [4.78, 5) is 65.7. The number of carbonyl (C=O) groups excluding carboxylic acids is 5. The van der Waals surface area contributed by atoms with Gasteiger partial charge >= 0.3 is 12.1 Å². The quantitative estimate of drug-likeness (QED) is 0.0685. The minimum atomic E-state index is -1.07. The van der Waals surface area contributed by atoms with E-state index in [1.807, 2.05) is 27.7 Å². The smallest absolute Gasteiger partial charge is 0.407 e. The van der Waals surface area contributed by atoms with Crippen molar-refractivity contribution in [1.29, 1.82) is 0 Å². The fourth-order valence-electron chi connectivity index (χ4n) is 14.1. The Bertz CT molecular complexity index is 2470. The standard InChI is InChI=1S/C62H94N6O16/c1-32(2)54(66-33(3)4)59(73)68-45(10-9-21-64-60(63)74)58(72)67-38-13-11-37(12-14-38)31-77-61(75)65-30-40(70)26-51-55(76-8)44-25-39(69)24-42-16-18-48-57(80-42)53-28-52(81-48)56-46(71)29-62(83-53,84-56)20-19-43-23-35(6)47(78-43)17-15-41-22-34(5)36(7)49(79-41)27-50(44)82-51/h11-14,32-34,40-57,66,70-71H,6-7,9-10,15-31H2,1-5,8H3,(H,65,75)(H,67,72)(H,68,73)(H3,63,64,74)/t34-,40+,41+,42-,43+,44+,45+,46-,47+,48+,49-,50+,51-,52-,53-,54+,55-,56+,57+,62-/m1/s1. The lowest BCUT2D eigenvalue weighted by Crippen LogP contribution is -2.58. The molecule has 1 aromatic carbocycles. The van der Waals surface area contributed by atoms with Crippen LogP contribution in [0.3, 0.4) is 0 Å². The molecular weight excluding hydrogens is 1080 g/mol. The molecule has 0 unspecified atom stereocenters. The number of benzene rings is 1. The first-order valence-electron chi connectivity index (χ1n) is 30.9. The molecule has 0 aliphatic carbocycles. The van der Waals surface area contributed by atoms with Gasteiger partial charge in [0.25, 0.3) is 0 Å². The first-order chi connectivity index (χ1) is 40.1. The van der Waals surface area contributed by atoms with Crippen molar-refractivity contribution < 1.29 is 76.8 Å². The monoisotopic (exact) mass is 1180 g/mol. The molecule has 20 atom stereocenters. The number of aliphatic hydroxyl groups is 2. The second-order valence-electron chi connectivity index (χ2n) is 25.7. The van der Waals surface area contributed by atoms with Gasteiger partial charge in [-0.05, 0) is 98.5 Å². The maximum Gasteiger partial charge on any atom is 0.407 e. The largest absolute Gasteiger partial charge is 0.445 e. The molecule has 8 aliphatic rings. The van der Waals surface area contributed by atoms with E-state index < -0.39 is 84.5 Å². The van der Waals surface area contributed by atoms with E-state index in [0.717, 1.165) is 36.8 Å². The van der Waals surface area contributed by atoms with E-state index in [2.05, 4.69) is 46.7 Å². The van der Waals surface area contributed by atoms with E-state index in [-0.39, 0.29) is 124 Å². The van der Waals surface area contributed by atoms with Crippen LogP contribution in [0.1, 0.15) is 143 Å². The van der Waals surface area contributed by atoms with E-state index >= 15 is 0 Å². The molecule has 1 spiro atoms. The van der Waals surface area contributed by atoms with Gasteiger partial charge in [0.15, 0.2) is 5.79 Å². The molecule has 0 aromatic heterocycles. The van der Waals surface area contributed by atoms with E-state index in [1.54, 1.807) is 31.4 Å². The predicted molar refractivity (Wildman–Crippen MR) is 308 cm³/mol. The molecule has 8 heterocycles. The van der Waals surface area contributed by atoms with Crippen LogP contribution in [0.4, 0.5) is 15.3 Å². The second-order valence-corrected chi connectivity index (χ2v) is 25.7. The average Bonchev–Trinajstić information content (AvgIpc) is 2.72. The molecule has 8 aliphatic heterocycles. The van der Waals surface area contributed by atoms with Crippen LogP contribution in [-0.2, 0) is 63.6 Å². The second kappa shape index (κ2) is 28.5. The lowest BCUT2D eigenvalue weighted by atomic mass is 9.81. The Hall–Kier alpha value is -4.59. The lowest BCUT2D eigenvalue weighted by Gasteiger charge is -2.47. The first-order valence-corrected chi connectivity index (χ1v) is 30.9. The molecule has 0 radical (unpaired) electrons. The highest BCUT2D eigenvalue weighted by Crippen LogP contribution is 2.49. The Morgan fingerprint density at radius 2 is 1.56 bits per heavy atom. The van der Waals surface area contributed by atoms with Crippen molar-refractivity contribution in [3.8, 4) is 0 Å². The number of rotatable bonds is 18. The van der Waals surface area contributed by atoms with Crippen molar-refractivity contribution in [2.75, 3.05) is 25.5 Å². The predicted octanol–water partition coefficient (Wildman–Crippen LogP) is 5.28. The van der Waals surface area contributed by atoms with Gasteiger partial charge in [-0.3, -0.25) is 14.4 Å². The van der Waals surface area contributed by atoms with Crippen LogP contribution in [0.5, 0.6) is 0 Å². The van der Waals surface area contributed by atoms with Crippen molar-refractivity contribution in [3.05, 3.63) is 54.1 Å². The number of hydrogen-bond acceptors (Lipinski definition) is 17. The molecule has 468 valence electrons. The van der Waals surface area contributed by atoms with Gasteiger partial charge in [0, 0.05) is 82.8 Å². The van der Waals surface area contributed by atoms with Crippen molar-refractivity contribution in [1.82, 2.24) is 21.3 Å². The van der Waals surface area contributed by atoms with Gasteiger partial charge in [0.05, 0.1) is 85.4 Å². The zero-order valence-corrected chi connectivity index (χ0v) is 50.0. The number of urea groups is 1. The zero-order chi connectivity index (χ0) is 60.0. The van der Waals surface area contributed by atoms with Gasteiger partial charge in [-0.15, -0.1) is 0 Å². The van der Waals surface area contributed by atoms with Gasteiger partial charge in [0.2, 0.25) is 11.8 Å². The summed E-state index contributed by atoms with van der Waals surface area (Å²) >= 11 is 0. The van der Waals surface area contributed by atoms with Crippen LogP contribution < -0.4 is 32.3 Å². The fraction of sp³-hybridized carbons (Fsp3) is 0.758. The maximum atomic E-state index is 14.4. The zero-order valence-electron chi connectivity index (χ0n) is 50.0. The molecule has 8 saturated heterocycles. The van der Waals surface area contributed by atoms with E-state index in [1.165, 1.54) is 0 Å². The molecule has 9 rings (SSSR count). The molecule has 8 fully saturated rings. The van der Waals surface area contributed by atoms with E-state index in [0.29, 0.717) is 62.6 Å². The summed E-state index contributed by atoms with van der Waals surface area (Å²) in [5.74, 6) is -2.05. The first kappa shape index (κ1) is 63.9. The van der Waals surface area contributed by atoms with Gasteiger partial charge in [-0.2, -0.15) is 0 Å². The number of aliphatic hydroxyl groups excluding tert-OH is 2. The van der Waals surface area contributed by atoms with Crippen LogP contribution in [0.25, 0.3) is 0 Å². The van der Waals surface area contributed by atoms with Gasteiger partial charge in [-0.25, -0.2) is 9.59 Å². The van der Waals surface area contributed by atoms with Crippen molar-refractivity contribution in [3.63, 3.8) is 0 Å². The summed E-state index contributed by atoms with van der Waals surface area (Å²) in [5.41, 5.74) is 8.32. The average molecular weight is 1180 g/mol. The molecular formula is C62H94N6O16. The van der Waals surface area contributed by atoms with Crippen molar-refractivity contribution in [2.24, 2.45) is 23.5 Å². The lowest BCUT2D eigenvalue weighted by molar-refractivity contribution is -0.277. The number of primary amides is 1. The number of anilines is 1. The third-order valence-electron chi connectivity index (χ3n) is 18.5. The molecule has 22 nitrogen and oxygen atoms in total. The van der Waals surface area contributed by atoms with Gasteiger partial charge < -0.3 is 85.2 Å². The highest BCUT2D eigenvalue weighted by atomic mass is 16.7. The van der Waals surface area contributed by atoms with E-state index in [9.17, 15) is 34.2 Å². The number of amides is 5. The van der Waals surface area contributed by atoms with Crippen LogP contribution in [0.15, 0.2) is 48.6 Å². The topological polar surface area (TPSA) is 295 Å². The van der Waals surface area contributed by atoms with Crippen LogP contribution in [0, 0.1) is 17.8 Å². The third kappa shape index (κ3) is 16.1. The van der Waals surface area contributed by atoms with Gasteiger partial charge in [-0.1, -0.05) is 59.9 Å². The molecule has 0 saturated carbocycles. The van der Waals surface area contributed by atoms with Crippen molar-refractivity contribution >= 4 is 35.4 Å². The number of nitrogens with one attached hydrogen (secondary N) is 5. The number of ketones is 1. The summed E-state index contributed by atoms with van der Waals surface area (Å²) in [6.07, 6.45) is 0.764. The summed E-state index contributed by atoms with van der Waals surface area (Å²) in [5, 5.41) is 36.9. The summed E-state index contributed by atoms with van der Waals surface area (Å²) in [6, 6.07) is 4.61. The number of alkyl carbamates (subject to hydrolysis) is 1. The molecule has 84 heavy (non-hydrogen) atoms. The number of methoxy groups -OCH3 is 1. The molecule has 10 bridgehead atoms. The van der Waals surface area contributed by atoms with Crippen LogP contribution >= 0.6 is 0 Å². The molecule has 5 amide bonds. The molecule has 22 heteroatoms.